The Morgan fingerprint density at radius 3 is 1.96 bits per heavy atom. The van der Waals surface area contributed by atoms with Crippen LogP contribution in [0.25, 0.3) is 0 Å². The van der Waals surface area contributed by atoms with Gasteiger partial charge in [-0.2, -0.15) is 13.2 Å². The van der Waals surface area contributed by atoms with Gasteiger partial charge in [0.25, 0.3) is 5.91 Å². The molecule has 0 bridgehead atoms. The Morgan fingerprint density at radius 1 is 1.04 bits per heavy atom. The van der Waals surface area contributed by atoms with Crippen molar-refractivity contribution in [2.24, 2.45) is 5.73 Å². The van der Waals surface area contributed by atoms with E-state index in [2.05, 4.69) is 0 Å². The lowest BCUT2D eigenvalue weighted by atomic mass is 9.95. The highest BCUT2D eigenvalue weighted by Gasteiger charge is 2.34. The van der Waals surface area contributed by atoms with Crippen molar-refractivity contribution < 1.29 is 22.8 Å². The quantitative estimate of drug-likeness (QED) is 0.834. The van der Waals surface area contributed by atoms with Gasteiger partial charge in [-0.25, -0.2) is 0 Å². The first-order valence-electron chi connectivity index (χ1n) is 8.61. The maximum Gasteiger partial charge on any atom is 0.416 e. The second-order valence-corrected chi connectivity index (χ2v) is 6.83. The Labute approximate surface area is 163 Å². The fourth-order valence-electron chi connectivity index (χ4n) is 3.08. The minimum Gasteiger partial charge on any atom is -0.338 e. The monoisotopic (exact) mass is 407 g/mol. The van der Waals surface area contributed by atoms with Gasteiger partial charge in [-0.05, 0) is 37.6 Å². The molecule has 1 saturated heterocycles. The normalized spacial score (nSPS) is 17.1. The van der Waals surface area contributed by atoms with E-state index in [0.29, 0.717) is 32.6 Å². The van der Waals surface area contributed by atoms with Crippen molar-refractivity contribution in [3.05, 3.63) is 35.4 Å². The molecule has 1 aromatic carbocycles. The Balaban J connectivity index is 0.00000364. The van der Waals surface area contributed by atoms with Gasteiger partial charge in [0.2, 0.25) is 5.91 Å². The van der Waals surface area contributed by atoms with Gasteiger partial charge in [-0.1, -0.05) is 13.3 Å². The molecule has 2 amide bonds. The molecule has 1 aliphatic rings. The summed E-state index contributed by atoms with van der Waals surface area (Å²) >= 11 is 0. The van der Waals surface area contributed by atoms with Gasteiger partial charge in [0.1, 0.15) is 0 Å². The predicted octanol–water partition coefficient (Wildman–Crippen LogP) is 2.93. The van der Waals surface area contributed by atoms with E-state index in [1.807, 2.05) is 6.92 Å². The standard InChI is InChI=1S/C18H24F3N3O2.ClH/c1-3-8-17(2,22)16(26)24-11-9-23(10-12-24)15(25)13-4-6-14(7-5-13)18(19,20)21;/h4-7H,3,8-12,22H2,1-2H3;1H. The molecule has 1 atom stereocenters. The molecule has 0 saturated carbocycles. The summed E-state index contributed by atoms with van der Waals surface area (Å²) in [6, 6.07) is 4.16. The Kier molecular flexibility index (Phi) is 7.68. The van der Waals surface area contributed by atoms with Gasteiger partial charge in [0, 0.05) is 31.7 Å². The van der Waals surface area contributed by atoms with E-state index in [1.54, 1.807) is 16.7 Å². The maximum absolute atomic E-state index is 12.6. The Hall–Kier alpha value is -1.80. The zero-order valence-corrected chi connectivity index (χ0v) is 16.2. The molecule has 1 unspecified atom stereocenters. The van der Waals surface area contributed by atoms with Crippen molar-refractivity contribution in [1.82, 2.24) is 9.80 Å². The van der Waals surface area contributed by atoms with Crippen LogP contribution in [-0.2, 0) is 11.0 Å². The van der Waals surface area contributed by atoms with Crippen molar-refractivity contribution in [2.75, 3.05) is 26.2 Å². The first kappa shape index (κ1) is 23.2. The number of nitrogens with two attached hydrogens (primary N) is 1. The zero-order chi connectivity index (χ0) is 19.5. The molecule has 27 heavy (non-hydrogen) atoms. The molecule has 1 aliphatic heterocycles. The minimum atomic E-state index is -4.43. The van der Waals surface area contributed by atoms with Crippen molar-refractivity contribution in [2.45, 2.75) is 38.4 Å². The molecule has 9 heteroatoms. The molecule has 1 aromatic rings. The molecule has 2 N–H and O–H groups in total. The zero-order valence-electron chi connectivity index (χ0n) is 15.4. The first-order valence-corrected chi connectivity index (χ1v) is 8.61. The van der Waals surface area contributed by atoms with Crippen LogP contribution >= 0.6 is 12.4 Å². The number of piperazine rings is 1. The third-order valence-electron chi connectivity index (χ3n) is 4.57. The second-order valence-electron chi connectivity index (χ2n) is 6.83. The fourth-order valence-corrected chi connectivity index (χ4v) is 3.08. The lowest BCUT2D eigenvalue weighted by Gasteiger charge is -2.38. The van der Waals surface area contributed by atoms with Crippen LogP contribution in [0, 0.1) is 0 Å². The highest BCUT2D eigenvalue weighted by molar-refractivity contribution is 5.94. The summed E-state index contributed by atoms with van der Waals surface area (Å²) in [4.78, 5) is 28.1. The van der Waals surface area contributed by atoms with E-state index in [1.165, 1.54) is 12.1 Å². The number of carbonyl (C=O) groups is 2. The van der Waals surface area contributed by atoms with Crippen LogP contribution in [0.2, 0.25) is 0 Å². The van der Waals surface area contributed by atoms with Crippen LogP contribution in [0.3, 0.4) is 0 Å². The first-order chi connectivity index (χ1) is 12.1. The molecule has 2 rings (SSSR count). The average molecular weight is 408 g/mol. The number of amides is 2. The van der Waals surface area contributed by atoms with Gasteiger partial charge < -0.3 is 15.5 Å². The number of hydrogen-bond donors (Lipinski definition) is 1. The molecule has 1 heterocycles. The van der Waals surface area contributed by atoms with Gasteiger partial charge >= 0.3 is 6.18 Å². The largest absolute Gasteiger partial charge is 0.416 e. The van der Waals surface area contributed by atoms with E-state index >= 15 is 0 Å². The number of hydrogen-bond acceptors (Lipinski definition) is 3. The summed E-state index contributed by atoms with van der Waals surface area (Å²) in [5.41, 5.74) is 4.56. The van der Waals surface area contributed by atoms with Crippen LogP contribution in [0.4, 0.5) is 13.2 Å². The van der Waals surface area contributed by atoms with Gasteiger partial charge in [0.15, 0.2) is 0 Å². The molecule has 0 aliphatic carbocycles. The Bertz CT molecular complexity index is 655. The minimum absolute atomic E-state index is 0. The molecule has 152 valence electrons. The Morgan fingerprint density at radius 2 is 1.52 bits per heavy atom. The summed E-state index contributed by atoms with van der Waals surface area (Å²) in [7, 11) is 0. The molecular weight excluding hydrogens is 383 g/mol. The number of alkyl halides is 3. The number of carbonyl (C=O) groups excluding carboxylic acids is 2. The van der Waals surface area contributed by atoms with Crippen molar-refractivity contribution in [1.29, 1.82) is 0 Å². The smallest absolute Gasteiger partial charge is 0.338 e. The number of rotatable bonds is 4. The van der Waals surface area contributed by atoms with Crippen LogP contribution in [0.15, 0.2) is 24.3 Å². The van der Waals surface area contributed by atoms with E-state index < -0.39 is 17.3 Å². The van der Waals surface area contributed by atoms with Crippen LogP contribution in [0.1, 0.15) is 42.6 Å². The summed E-state index contributed by atoms with van der Waals surface area (Å²) in [5, 5.41) is 0. The van der Waals surface area contributed by atoms with Crippen molar-refractivity contribution in [3.8, 4) is 0 Å². The molecule has 5 nitrogen and oxygen atoms in total. The van der Waals surface area contributed by atoms with E-state index in [0.717, 1.165) is 18.6 Å². The van der Waals surface area contributed by atoms with Gasteiger partial charge in [0.05, 0.1) is 11.1 Å². The van der Waals surface area contributed by atoms with Crippen LogP contribution in [0.5, 0.6) is 0 Å². The van der Waals surface area contributed by atoms with E-state index in [9.17, 15) is 22.8 Å². The topological polar surface area (TPSA) is 66.6 Å². The number of nitrogens with zero attached hydrogens (tertiary/aromatic N) is 2. The molecule has 0 radical (unpaired) electrons. The fraction of sp³-hybridized carbons (Fsp3) is 0.556. The highest BCUT2D eigenvalue weighted by Crippen LogP contribution is 2.29. The average Bonchev–Trinajstić information content (AvgIpc) is 2.60. The molecule has 0 spiro atoms. The summed E-state index contributed by atoms with van der Waals surface area (Å²) < 4.78 is 37.8. The van der Waals surface area contributed by atoms with Gasteiger partial charge in [-0.15, -0.1) is 12.4 Å². The summed E-state index contributed by atoms with van der Waals surface area (Å²) in [5.74, 6) is -0.476. The van der Waals surface area contributed by atoms with Gasteiger partial charge in [-0.3, -0.25) is 9.59 Å². The van der Waals surface area contributed by atoms with Crippen LogP contribution in [-0.4, -0.2) is 53.3 Å². The molecule has 0 aromatic heterocycles. The van der Waals surface area contributed by atoms with E-state index in [-0.39, 0.29) is 29.8 Å². The molecule has 1 fully saturated rings. The van der Waals surface area contributed by atoms with Crippen molar-refractivity contribution in [3.63, 3.8) is 0 Å². The lowest BCUT2D eigenvalue weighted by molar-refractivity contribution is -0.138. The number of benzene rings is 1. The van der Waals surface area contributed by atoms with Crippen molar-refractivity contribution >= 4 is 24.2 Å². The highest BCUT2D eigenvalue weighted by atomic mass is 35.5. The molecular formula is C18H25ClF3N3O2. The summed E-state index contributed by atoms with van der Waals surface area (Å²) in [6.45, 7) is 5.04. The van der Waals surface area contributed by atoms with Crippen LogP contribution < -0.4 is 5.73 Å². The number of halogens is 4. The third kappa shape index (κ3) is 5.59. The predicted molar refractivity (Wildman–Crippen MR) is 98.7 cm³/mol. The summed E-state index contributed by atoms with van der Waals surface area (Å²) in [6.07, 6.45) is -3.05. The second kappa shape index (κ2) is 8.93. The SMILES string of the molecule is CCCC(C)(N)C(=O)N1CCN(C(=O)c2ccc(C(F)(F)F)cc2)CC1.Cl. The maximum atomic E-state index is 12.6. The lowest BCUT2D eigenvalue weighted by Crippen LogP contribution is -2.58. The van der Waals surface area contributed by atoms with E-state index in [4.69, 9.17) is 5.73 Å². The third-order valence-corrected chi connectivity index (χ3v) is 4.57.